The molecule has 194 valence electrons. The van der Waals surface area contributed by atoms with Crippen molar-refractivity contribution in [3.8, 4) is 0 Å². The van der Waals surface area contributed by atoms with Crippen LogP contribution in [0.3, 0.4) is 0 Å². The number of carbonyl (C=O) groups excluding carboxylic acids is 1. The van der Waals surface area contributed by atoms with E-state index in [1.165, 1.54) is 17.8 Å². The summed E-state index contributed by atoms with van der Waals surface area (Å²) in [5.41, 5.74) is 6.99. The highest BCUT2D eigenvalue weighted by molar-refractivity contribution is 5.79. The van der Waals surface area contributed by atoms with Crippen LogP contribution < -0.4 is 10.6 Å². The first kappa shape index (κ1) is 24.9. The van der Waals surface area contributed by atoms with Crippen LogP contribution in [0.15, 0.2) is 36.7 Å². The zero-order valence-corrected chi connectivity index (χ0v) is 21.1. The van der Waals surface area contributed by atoms with E-state index < -0.39 is 0 Å². The fraction of sp³-hybridized carbons (Fsp3) is 0.593. The third-order valence-corrected chi connectivity index (χ3v) is 8.04. The second-order valence-corrected chi connectivity index (χ2v) is 10.5. The van der Waals surface area contributed by atoms with Crippen molar-refractivity contribution in [3.63, 3.8) is 0 Å². The Morgan fingerprint density at radius 1 is 0.917 bits per heavy atom. The van der Waals surface area contributed by atoms with E-state index in [0.29, 0.717) is 17.6 Å². The lowest BCUT2D eigenvalue weighted by Crippen LogP contribution is -2.50. The summed E-state index contributed by atoms with van der Waals surface area (Å²) in [6.07, 6.45) is 7.11. The van der Waals surface area contributed by atoms with Crippen LogP contribution in [0, 0.1) is 17.7 Å². The van der Waals surface area contributed by atoms with Crippen LogP contribution in [0.5, 0.6) is 0 Å². The number of piperidine rings is 2. The molecule has 0 aliphatic carbocycles. The van der Waals surface area contributed by atoms with E-state index in [1.54, 1.807) is 12.3 Å². The molecule has 1 amide bonds. The Balaban J connectivity index is 1.00. The van der Waals surface area contributed by atoms with Crippen molar-refractivity contribution in [2.24, 2.45) is 11.8 Å². The molecule has 2 aromatic heterocycles. The van der Waals surface area contributed by atoms with Crippen LogP contribution in [-0.4, -0.2) is 89.5 Å². The lowest BCUT2D eigenvalue weighted by molar-refractivity contribution is -0.138. The largest absolute Gasteiger partial charge is 0.384 e. The summed E-state index contributed by atoms with van der Waals surface area (Å²) in [6, 6.07) is 7.19. The van der Waals surface area contributed by atoms with Gasteiger partial charge in [-0.2, -0.15) is 0 Å². The van der Waals surface area contributed by atoms with Crippen molar-refractivity contribution in [2.45, 2.75) is 32.2 Å². The number of pyridine rings is 2. The van der Waals surface area contributed by atoms with Crippen LogP contribution in [0.25, 0.3) is 0 Å². The molecule has 0 aromatic carbocycles. The molecule has 9 heteroatoms. The zero-order chi connectivity index (χ0) is 24.9. The second-order valence-electron chi connectivity index (χ2n) is 10.5. The van der Waals surface area contributed by atoms with Crippen LogP contribution in [0.4, 0.5) is 16.0 Å². The van der Waals surface area contributed by atoms with E-state index >= 15 is 0 Å². The van der Waals surface area contributed by atoms with Gasteiger partial charge >= 0.3 is 0 Å². The highest BCUT2D eigenvalue weighted by Gasteiger charge is 2.31. The smallest absolute Gasteiger partial charge is 0.225 e. The van der Waals surface area contributed by atoms with Crippen molar-refractivity contribution in [3.05, 3.63) is 48.0 Å². The van der Waals surface area contributed by atoms with Crippen molar-refractivity contribution < 1.29 is 9.18 Å². The molecule has 5 rings (SSSR count). The average molecular weight is 496 g/mol. The number of halogens is 1. The maximum absolute atomic E-state index is 13.2. The SMILES string of the molecule is Nc1cc(CN2CCC(C(=O)N3CCC(CN4CCN(c5ccc(F)cn5)CC4)CC3)CC2)ccn1. The van der Waals surface area contributed by atoms with Gasteiger partial charge < -0.3 is 15.5 Å². The number of hydrogen-bond donors (Lipinski definition) is 1. The first-order valence-electron chi connectivity index (χ1n) is 13.3. The van der Waals surface area contributed by atoms with Gasteiger partial charge in [0.15, 0.2) is 0 Å². The number of nitrogen functional groups attached to an aromatic ring is 1. The van der Waals surface area contributed by atoms with Gasteiger partial charge in [0.05, 0.1) is 6.20 Å². The summed E-state index contributed by atoms with van der Waals surface area (Å²) in [6.45, 7) is 9.50. The number of nitrogens with two attached hydrogens (primary N) is 1. The van der Waals surface area contributed by atoms with Gasteiger partial charge in [0.2, 0.25) is 5.91 Å². The Morgan fingerprint density at radius 2 is 1.67 bits per heavy atom. The number of rotatable bonds is 6. The number of aromatic nitrogens is 2. The summed E-state index contributed by atoms with van der Waals surface area (Å²) in [7, 11) is 0. The maximum atomic E-state index is 13.2. The van der Waals surface area contributed by atoms with Gasteiger partial charge in [-0.1, -0.05) is 0 Å². The number of anilines is 2. The molecule has 2 aromatic rings. The molecule has 0 radical (unpaired) electrons. The Hall–Kier alpha value is -2.78. The number of hydrogen-bond acceptors (Lipinski definition) is 7. The van der Waals surface area contributed by atoms with Crippen molar-refractivity contribution in [1.29, 1.82) is 0 Å². The zero-order valence-electron chi connectivity index (χ0n) is 21.1. The number of likely N-dealkylation sites (tertiary alicyclic amines) is 2. The molecule has 3 aliphatic rings. The summed E-state index contributed by atoms with van der Waals surface area (Å²) in [5.74, 6) is 2.30. The predicted octanol–water partition coefficient (Wildman–Crippen LogP) is 2.47. The topological polar surface area (TPSA) is 81.8 Å². The lowest BCUT2D eigenvalue weighted by Gasteiger charge is -2.40. The molecule has 3 fully saturated rings. The van der Waals surface area contributed by atoms with Crippen molar-refractivity contribution >= 4 is 17.5 Å². The van der Waals surface area contributed by atoms with Gasteiger partial charge in [-0.15, -0.1) is 0 Å². The fourth-order valence-corrected chi connectivity index (χ4v) is 5.86. The number of amides is 1. The van der Waals surface area contributed by atoms with Crippen LogP contribution >= 0.6 is 0 Å². The van der Waals surface area contributed by atoms with Crippen molar-refractivity contribution in [1.82, 2.24) is 24.7 Å². The Labute approximate surface area is 213 Å². The summed E-state index contributed by atoms with van der Waals surface area (Å²) >= 11 is 0. The fourth-order valence-electron chi connectivity index (χ4n) is 5.86. The third-order valence-electron chi connectivity index (χ3n) is 8.04. The predicted molar refractivity (Wildman–Crippen MR) is 139 cm³/mol. The molecular weight excluding hydrogens is 457 g/mol. The Kier molecular flexibility index (Phi) is 7.96. The molecule has 36 heavy (non-hydrogen) atoms. The number of nitrogens with zero attached hydrogens (tertiary/aromatic N) is 6. The molecule has 0 atom stereocenters. The molecule has 8 nitrogen and oxygen atoms in total. The average Bonchev–Trinajstić information content (AvgIpc) is 2.90. The van der Waals surface area contributed by atoms with Crippen LogP contribution in [0.2, 0.25) is 0 Å². The molecule has 2 N–H and O–H groups in total. The third kappa shape index (κ3) is 6.31. The minimum absolute atomic E-state index is 0.161. The molecule has 5 heterocycles. The van der Waals surface area contributed by atoms with Crippen LogP contribution in [0.1, 0.15) is 31.2 Å². The van der Waals surface area contributed by atoms with Crippen LogP contribution in [-0.2, 0) is 11.3 Å². The highest BCUT2D eigenvalue weighted by Crippen LogP contribution is 2.26. The number of piperazine rings is 1. The first-order valence-corrected chi connectivity index (χ1v) is 13.3. The monoisotopic (exact) mass is 495 g/mol. The minimum Gasteiger partial charge on any atom is -0.384 e. The van der Waals surface area contributed by atoms with E-state index in [2.05, 4.69) is 29.6 Å². The van der Waals surface area contributed by atoms with Gasteiger partial charge in [-0.05, 0) is 74.5 Å². The normalized spacial score (nSPS) is 21.1. The summed E-state index contributed by atoms with van der Waals surface area (Å²) in [4.78, 5) is 30.8. The standard InChI is InChI=1S/C27H38FN7O/c28-24-1-2-26(31-18-24)34-15-13-33(14-16-34)19-21-4-11-35(12-5-21)27(36)23-6-9-32(10-7-23)20-22-3-8-30-25(29)17-22/h1-3,8,17-18,21,23H,4-7,9-16,19-20H2,(H2,29,30). The molecule has 3 aliphatic heterocycles. The summed E-state index contributed by atoms with van der Waals surface area (Å²) < 4.78 is 13.1. The molecule has 0 bridgehead atoms. The van der Waals surface area contributed by atoms with E-state index in [4.69, 9.17) is 5.73 Å². The van der Waals surface area contributed by atoms with E-state index in [1.807, 2.05) is 12.1 Å². The molecule has 3 saturated heterocycles. The molecule has 0 spiro atoms. The molecular formula is C27H38FN7O. The Morgan fingerprint density at radius 3 is 2.33 bits per heavy atom. The summed E-state index contributed by atoms with van der Waals surface area (Å²) in [5, 5.41) is 0. The first-order chi connectivity index (χ1) is 17.5. The lowest BCUT2D eigenvalue weighted by atomic mass is 9.91. The quantitative estimate of drug-likeness (QED) is 0.659. The second kappa shape index (κ2) is 11.5. The maximum Gasteiger partial charge on any atom is 0.225 e. The molecule has 0 unspecified atom stereocenters. The molecule has 0 saturated carbocycles. The van der Waals surface area contributed by atoms with E-state index in [-0.39, 0.29) is 11.7 Å². The Bertz CT molecular complexity index is 995. The van der Waals surface area contributed by atoms with Crippen molar-refractivity contribution in [2.75, 3.05) is 69.5 Å². The van der Waals surface area contributed by atoms with Gasteiger partial charge in [0.1, 0.15) is 17.5 Å². The van der Waals surface area contributed by atoms with E-state index in [9.17, 15) is 9.18 Å². The van der Waals surface area contributed by atoms with Gasteiger partial charge in [-0.3, -0.25) is 14.6 Å². The highest BCUT2D eigenvalue weighted by atomic mass is 19.1. The van der Waals surface area contributed by atoms with Gasteiger partial charge in [0, 0.05) is 64.5 Å². The van der Waals surface area contributed by atoms with Gasteiger partial charge in [0.25, 0.3) is 0 Å². The minimum atomic E-state index is -0.292. The number of carbonyl (C=O) groups is 1. The van der Waals surface area contributed by atoms with Gasteiger partial charge in [-0.25, -0.2) is 14.4 Å². The van der Waals surface area contributed by atoms with E-state index in [0.717, 1.165) is 96.9 Å².